The van der Waals surface area contributed by atoms with Crippen LogP contribution in [0, 0.1) is 13.8 Å². The van der Waals surface area contributed by atoms with Crippen molar-refractivity contribution < 1.29 is 14.3 Å². The van der Waals surface area contributed by atoms with Crippen LogP contribution in [-0.4, -0.2) is 23.6 Å². The van der Waals surface area contributed by atoms with Crippen molar-refractivity contribution in [1.29, 1.82) is 0 Å². The fraction of sp³-hybridized carbons (Fsp3) is 0.333. The van der Waals surface area contributed by atoms with Crippen LogP contribution in [0.5, 0.6) is 11.5 Å². The Labute approximate surface area is 172 Å². The average molecular weight is 392 g/mol. The lowest BCUT2D eigenvalue weighted by Gasteiger charge is -2.17. The molecule has 5 heteroatoms. The third kappa shape index (κ3) is 5.25. The molecule has 0 aliphatic carbocycles. The van der Waals surface area contributed by atoms with Crippen LogP contribution < -0.4 is 14.8 Å². The molecule has 0 spiro atoms. The smallest absolute Gasteiger partial charge is 0.265 e. The number of hydrogen-bond acceptors (Lipinski definition) is 4. The molecule has 0 saturated heterocycles. The minimum Gasteiger partial charge on any atom is -0.491 e. The van der Waals surface area contributed by atoms with E-state index in [0.29, 0.717) is 18.0 Å². The van der Waals surface area contributed by atoms with Crippen LogP contribution in [0.4, 0.5) is 5.69 Å². The summed E-state index contributed by atoms with van der Waals surface area (Å²) in [6.45, 7) is 8.53. The standard InChI is InChI=1S/C24H28N2O3/c1-5-6-12-28-22-10-9-21(20-8-7-11-25-23(20)22)26-24(27)18(4)29-19-14-16(2)13-17(3)15-19/h7-11,13-15,18H,5-6,12H2,1-4H3,(H,26,27)/t18-/m1/s1. The highest BCUT2D eigenvalue weighted by atomic mass is 16.5. The van der Waals surface area contributed by atoms with Crippen molar-refractivity contribution in [3.8, 4) is 11.5 Å². The molecule has 0 aliphatic heterocycles. The molecule has 0 saturated carbocycles. The van der Waals surface area contributed by atoms with E-state index in [4.69, 9.17) is 9.47 Å². The number of pyridine rings is 1. The van der Waals surface area contributed by atoms with Gasteiger partial charge in [-0.05, 0) is 74.7 Å². The summed E-state index contributed by atoms with van der Waals surface area (Å²) in [6.07, 6.45) is 3.15. The fourth-order valence-corrected chi connectivity index (χ4v) is 3.19. The first-order valence-corrected chi connectivity index (χ1v) is 10.0. The van der Waals surface area contributed by atoms with E-state index in [1.54, 1.807) is 13.1 Å². The summed E-state index contributed by atoms with van der Waals surface area (Å²) in [5, 5.41) is 3.81. The summed E-state index contributed by atoms with van der Waals surface area (Å²) in [6, 6.07) is 13.4. The molecule has 0 radical (unpaired) electrons. The predicted octanol–water partition coefficient (Wildman–Crippen LogP) is 5.44. The SMILES string of the molecule is CCCCOc1ccc(NC(=O)[C@@H](C)Oc2cc(C)cc(C)c2)c2cccnc12. The summed E-state index contributed by atoms with van der Waals surface area (Å²) in [7, 11) is 0. The van der Waals surface area contributed by atoms with Gasteiger partial charge >= 0.3 is 0 Å². The highest BCUT2D eigenvalue weighted by Gasteiger charge is 2.17. The van der Waals surface area contributed by atoms with Crippen molar-refractivity contribution in [2.75, 3.05) is 11.9 Å². The van der Waals surface area contributed by atoms with Crippen molar-refractivity contribution in [2.24, 2.45) is 0 Å². The highest BCUT2D eigenvalue weighted by molar-refractivity contribution is 6.04. The molecule has 0 aliphatic rings. The maximum absolute atomic E-state index is 12.7. The molecule has 5 nitrogen and oxygen atoms in total. The molecular formula is C24H28N2O3. The number of ether oxygens (including phenoxy) is 2. The van der Waals surface area contributed by atoms with Crippen LogP contribution >= 0.6 is 0 Å². The number of anilines is 1. The normalized spacial score (nSPS) is 11.9. The molecule has 0 fully saturated rings. The molecule has 1 amide bonds. The molecule has 1 aromatic heterocycles. The first-order valence-electron chi connectivity index (χ1n) is 10.0. The lowest BCUT2D eigenvalue weighted by Crippen LogP contribution is -2.30. The largest absolute Gasteiger partial charge is 0.491 e. The Morgan fingerprint density at radius 1 is 1.14 bits per heavy atom. The Bertz CT molecular complexity index is 980. The Morgan fingerprint density at radius 3 is 2.62 bits per heavy atom. The lowest BCUT2D eigenvalue weighted by molar-refractivity contribution is -0.122. The highest BCUT2D eigenvalue weighted by Crippen LogP contribution is 2.30. The second-order valence-electron chi connectivity index (χ2n) is 7.29. The van der Waals surface area contributed by atoms with Crippen LogP contribution in [0.3, 0.4) is 0 Å². The second-order valence-corrected chi connectivity index (χ2v) is 7.29. The Kier molecular flexibility index (Phi) is 6.70. The molecule has 152 valence electrons. The third-order valence-electron chi connectivity index (χ3n) is 4.62. The molecule has 3 rings (SSSR count). The molecule has 0 unspecified atom stereocenters. The minimum atomic E-state index is -0.636. The number of nitrogens with zero attached hydrogens (tertiary/aromatic N) is 1. The molecule has 29 heavy (non-hydrogen) atoms. The fourth-order valence-electron chi connectivity index (χ4n) is 3.19. The van der Waals surface area contributed by atoms with E-state index in [1.165, 1.54) is 0 Å². The number of aromatic nitrogens is 1. The van der Waals surface area contributed by atoms with Gasteiger partial charge in [-0.2, -0.15) is 0 Å². The van der Waals surface area contributed by atoms with E-state index in [-0.39, 0.29) is 5.91 Å². The number of aryl methyl sites for hydroxylation is 2. The maximum atomic E-state index is 12.7. The van der Waals surface area contributed by atoms with Gasteiger partial charge in [0.2, 0.25) is 0 Å². The number of unbranched alkanes of at least 4 members (excludes halogenated alkanes) is 1. The topological polar surface area (TPSA) is 60.5 Å². The van der Waals surface area contributed by atoms with Crippen molar-refractivity contribution in [3.63, 3.8) is 0 Å². The number of fused-ring (bicyclic) bond motifs is 1. The summed E-state index contributed by atoms with van der Waals surface area (Å²) >= 11 is 0. The van der Waals surface area contributed by atoms with Crippen molar-refractivity contribution >= 4 is 22.5 Å². The van der Waals surface area contributed by atoms with Gasteiger partial charge in [-0.3, -0.25) is 9.78 Å². The maximum Gasteiger partial charge on any atom is 0.265 e. The summed E-state index contributed by atoms with van der Waals surface area (Å²) in [4.78, 5) is 17.2. The van der Waals surface area contributed by atoms with Gasteiger partial charge < -0.3 is 14.8 Å². The quantitative estimate of drug-likeness (QED) is 0.519. The van der Waals surface area contributed by atoms with Gasteiger partial charge in [0.05, 0.1) is 12.3 Å². The number of amides is 1. The predicted molar refractivity (Wildman–Crippen MR) is 117 cm³/mol. The third-order valence-corrected chi connectivity index (χ3v) is 4.62. The van der Waals surface area contributed by atoms with Crippen LogP contribution in [0.2, 0.25) is 0 Å². The van der Waals surface area contributed by atoms with E-state index in [2.05, 4.69) is 23.3 Å². The number of benzene rings is 2. The van der Waals surface area contributed by atoms with Gasteiger partial charge in [-0.1, -0.05) is 19.4 Å². The van der Waals surface area contributed by atoms with Gasteiger partial charge in [-0.25, -0.2) is 0 Å². The number of nitrogens with one attached hydrogen (secondary N) is 1. The van der Waals surface area contributed by atoms with Crippen molar-refractivity contribution in [3.05, 3.63) is 59.8 Å². The van der Waals surface area contributed by atoms with Gasteiger partial charge in [0.25, 0.3) is 5.91 Å². The Balaban J connectivity index is 1.76. The van der Waals surface area contributed by atoms with E-state index in [1.807, 2.05) is 50.2 Å². The van der Waals surface area contributed by atoms with Gasteiger partial charge in [0.15, 0.2) is 6.10 Å². The molecule has 1 N–H and O–H groups in total. The van der Waals surface area contributed by atoms with Crippen LogP contribution in [0.15, 0.2) is 48.7 Å². The summed E-state index contributed by atoms with van der Waals surface area (Å²) in [5.74, 6) is 1.21. The van der Waals surface area contributed by atoms with Gasteiger partial charge in [0.1, 0.15) is 17.0 Å². The Morgan fingerprint density at radius 2 is 1.90 bits per heavy atom. The Hall–Kier alpha value is -3.08. The van der Waals surface area contributed by atoms with Gasteiger partial charge in [-0.15, -0.1) is 0 Å². The first-order chi connectivity index (χ1) is 14.0. The number of hydrogen-bond donors (Lipinski definition) is 1. The lowest BCUT2D eigenvalue weighted by atomic mass is 10.1. The van der Waals surface area contributed by atoms with Crippen LogP contribution in [-0.2, 0) is 4.79 Å². The average Bonchev–Trinajstić information content (AvgIpc) is 2.68. The monoisotopic (exact) mass is 392 g/mol. The molecular weight excluding hydrogens is 364 g/mol. The zero-order valence-electron chi connectivity index (χ0n) is 17.5. The number of carbonyl (C=O) groups excluding carboxylic acids is 1. The zero-order chi connectivity index (χ0) is 20.8. The molecule has 2 aromatic carbocycles. The molecule has 1 heterocycles. The zero-order valence-corrected chi connectivity index (χ0v) is 17.5. The molecule has 3 aromatic rings. The van der Waals surface area contributed by atoms with E-state index < -0.39 is 6.10 Å². The van der Waals surface area contributed by atoms with E-state index in [0.717, 1.165) is 40.6 Å². The number of rotatable bonds is 8. The second kappa shape index (κ2) is 9.41. The van der Waals surface area contributed by atoms with Crippen molar-refractivity contribution in [2.45, 2.75) is 46.6 Å². The van der Waals surface area contributed by atoms with Crippen molar-refractivity contribution in [1.82, 2.24) is 4.98 Å². The molecule has 1 atom stereocenters. The number of carbonyl (C=O) groups is 1. The van der Waals surface area contributed by atoms with E-state index in [9.17, 15) is 4.79 Å². The first kappa shape index (κ1) is 20.6. The van der Waals surface area contributed by atoms with E-state index >= 15 is 0 Å². The molecule has 0 bridgehead atoms. The van der Waals surface area contributed by atoms with Crippen LogP contribution in [0.25, 0.3) is 10.9 Å². The summed E-state index contributed by atoms with van der Waals surface area (Å²) < 4.78 is 11.7. The van der Waals surface area contributed by atoms with Crippen LogP contribution in [0.1, 0.15) is 37.8 Å². The minimum absolute atomic E-state index is 0.214. The summed E-state index contributed by atoms with van der Waals surface area (Å²) in [5.41, 5.74) is 3.63. The van der Waals surface area contributed by atoms with Gasteiger partial charge in [0, 0.05) is 11.6 Å².